The molecule has 3 aromatic rings. The molecule has 1 amide bonds. The molecule has 0 atom stereocenters. The first-order valence-electron chi connectivity index (χ1n) is 11.0. The molecule has 0 saturated heterocycles. The van der Waals surface area contributed by atoms with Crippen molar-refractivity contribution in [3.63, 3.8) is 0 Å². The van der Waals surface area contributed by atoms with Crippen LogP contribution in [0.15, 0.2) is 73.3 Å². The topological polar surface area (TPSA) is 50.2 Å². The molecule has 0 radical (unpaired) electrons. The number of nitrogens with zero attached hydrogens (tertiary/aromatic N) is 3. The second-order valence-electron chi connectivity index (χ2n) is 7.90. The van der Waals surface area contributed by atoms with Crippen molar-refractivity contribution >= 4 is 23.6 Å². The number of rotatable bonds is 12. The summed E-state index contributed by atoms with van der Waals surface area (Å²) in [5.41, 5.74) is 3.44. The SMILES string of the molecule is CN(CCCCNC(=O)C/C=C/c1ccc(-n2ccnc2)cc1)CCc1ccc(Cl)cc1. The zero-order chi connectivity index (χ0) is 22.6. The highest BCUT2D eigenvalue weighted by Crippen LogP contribution is 2.11. The van der Waals surface area contributed by atoms with Gasteiger partial charge < -0.3 is 14.8 Å². The van der Waals surface area contributed by atoms with Gasteiger partial charge in [0.05, 0.1) is 6.33 Å². The molecule has 0 aliphatic carbocycles. The molecule has 1 heterocycles. The number of amides is 1. The first-order valence-corrected chi connectivity index (χ1v) is 11.4. The third-order valence-corrected chi connectivity index (χ3v) is 5.55. The Morgan fingerprint density at radius 1 is 1.09 bits per heavy atom. The first kappa shape index (κ1) is 23.8. The third-order valence-electron chi connectivity index (χ3n) is 5.29. The van der Waals surface area contributed by atoms with Crippen molar-refractivity contribution < 1.29 is 4.79 Å². The zero-order valence-corrected chi connectivity index (χ0v) is 19.3. The molecule has 0 aliphatic heterocycles. The Hall–Kier alpha value is -2.89. The van der Waals surface area contributed by atoms with Crippen molar-refractivity contribution in [2.45, 2.75) is 25.7 Å². The van der Waals surface area contributed by atoms with Crippen LogP contribution in [0.1, 0.15) is 30.4 Å². The highest BCUT2D eigenvalue weighted by molar-refractivity contribution is 6.30. The number of benzene rings is 2. The van der Waals surface area contributed by atoms with Crippen LogP contribution in [0.2, 0.25) is 5.02 Å². The lowest BCUT2D eigenvalue weighted by Gasteiger charge is -2.16. The van der Waals surface area contributed by atoms with Crippen molar-refractivity contribution in [1.29, 1.82) is 0 Å². The average molecular weight is 451 g/mol. The van der Waals surface area contributed by atoms with E-state index in [-0.39, 0.29) is 5.91 Å². The number of halogens is 1. The van der Waals surface area contributed by atoms with Crippen molar-refractivity contribution in [3.8, 4) is 5.69 Å². The molecule has 6 heteroatoms. The number of likely N-dealkylation sites (N-methyl/N-ethyl adjacent to an activating group) is 1. The van der Waals surface area contributed by atoms with Gasteiger partial charge in [0, 0.05) is 42.6 Å². The number of imidazole rings is 1. The van der Waals surface area contributed by atoms with Crippen molar-refractivity contribution in [3.05, 3.63) is 89.5 Å². The van der Waals surface area contributed by atoms with Gasteiger partial charge in [0.1, 0.15) is 0 Å². The second kappa shape index (κ2) is 12.8. The molecule has 32 heavy (non-hydrogen) atoms. The van der Waals surface area contributed by atoms with E-state index in [4.69, 9.17) is 11.6 Å². The van der Waals surface area contributed by atoms with E-state index in [1.54, 1.807) is 12.5 Å². The van der Waals surface area contributed by atoms with Gasteiger partial charge in [-0.05, 0) is 68.2 Å². The van der Waals surface area contributed by atoms with E-state index < -0.39 is 0 Å². The molecule has 0 spiro atoms. The van der Waals surface area contributed by atoms with Crippen LogP contribution in [0.5, 0.6) is 0 Å². The van der Waals surface area contributed by atoms with Gasteiger partial charge in [0.25, 0.3) is 0 Å². The summed E-state index contributed by atoms with van der Waals surface area (Å²) >= 11 is 5.93. The zero-order valence-electron chi connectivity index (χ0n) is 18.6. The van der Waals surface area contributed by atoms with Gasteiger partial charge in [0.2, 0.25) is 5.91 Å². The summed E-state index contributed by atoms with van der Waals surface area (Å²) in [6, 6.07) is 16.2. The fraction of sp³-hybridized carbons (Fsp3) is 0.308. The van der Waals surface area contributed by atoms with Gasteiger partial charge in [-0.1, -0.05) is 48.0 Å². The molecular formula is C26H31ClN4O. The molecule has 2 aromatic carbocycles. The minimum Gasteiger partial charge on any atom is -0.356 e. The molecule has 5 nitrogen and oxygen atoms in total. The molecule has 1 aromatic heterocycles. The highest BCUT2D eigenvalue weighted by atomic mass is 35.5. The van der Waals surface area contributed by atoms with E-state index >= 15 is 0 Å². The summed E-state index contributed by atoms with van der Waals surface area (Å²) < 4.78 is 1.96. The van der Waals surface area contributed by atoms with Crippen LogP contribution in [0, 0.1) is 0 Å². The Kier molecular flexibility index (Phi) is 9.54. The van der Waals surface area contributed by atoms with Crippen molar-refractivity contribution in [2.75, 3.05) is 26.7 Å². The molecule has 0 aliphatic rings. The van der Waals surface area contributed by atoms with Crippen LogP contribution < -0.4 is 5.32 Å². The predicted molar refractivity (Wildman–Crippen MR) is 132 cm³/mol. The van der Waals surface area contributed by atoms with Gasteiger partial charge in [-0.25, -0.2) is 4.98 Å². The third kappa shape index (κ3) is 8.33. The maximum absolute atomic E-state index is 12.0. The summed E-state index contributed by atoms with van der Waals surface area (Å²) in [7, 11) is 2.14. The van der Waals surface area contributed by atoms with Gasteiger partial charge in [-0.3, -0.25) is 4.79 Å². The fourth-order valence-corrected chi connectivity index (χ4v) is 3.49. The van der Waals surface area contributed by atoms with Crippen molar-refractivity contribution in [1.82, 2.24) is 19.8 Å². The van der Waals surface area contributed by atoms with Crippen LogP contribution in [0.4, 0.5) is 0 Å². The molecule has 168 valence electrons. The molecule has 0 fully saturated rings. The molecular weight excluding hydrogens is 420 g/mol. The lowest BCUT2D eigenvalue weighted by molar-refractivity contribution is -0.120. The Balaban J connectivity index is 1.24. The smallest absolute Gasteiger partial charge is 0.223 e. The molecule has 0 unspecified atom stereocenters. The van der Waals surface area contributed by atoms with Crippen LogP contribution >= 0.6 is 11.6 Å². The Labute approximate surface area is 195 Å². The first-order chi connectivity index (χ1) is 15.6. The quantitative estimate of drug-likeness (QED) is 0.395. The standard InChI is InChI=1S/C26H31ClN4O/c1-30(19-15-23-7-11-24(27)12-8-23)18-3-2-16-29-26(32)6-4-5-22-9-13-25(14-10-22)31-20-17-28-21-31/h4-5,7-14,17,20-21H,2-3,6,15-16,18-19H2,1H3,(H,29,32)/b5-4+. The lowest BCUT2D eigenvalue weighted by atomic mass is 10.1. The normalized spacial score (nSPS) is 11.3. The van der Waals surface area contributed by atoms with E-state index in [0.29, 0.717) is 6.42 Å². The number of nitrogens with one attached hydrogen (secondary N) is 1. The number of carbonyl (C=O) groups is 1. The maximum atomic E-state index is 12.0. The van der Waals surface area contributed by atoms with Gasteiger partial charge in [-0.15, -0.1) is 0 Å². The van der Waals surface area contributed by atoms with Gasteiger partial charge in [0.15, 0.2) is 0 Å². The van der Waals surface area contributed by atoms with Crippen LogP contribution in [-0.2, 0) is 11.2 Å². The fourth-order valence-electron chi connectivity index (χ4n) is 3.36. The molecule has 3 rings (SSSR count). The maximum Gasteiger partial charge on any atom is 0.223 e. The molecule has 1 N–H and O–H groups in total. The molecule has 0 saturated carbocycles. The van der Waals surface area contributed by atoms with Gasteiger partial charge in [-0.2, -0.15) is 0 Å². The average Bonchev–Trinajstić information content (AvgIpc) is 3.34. The van der Waals surface area contributed by atoms with Crippen LogP contribution in [0.25, 0.3) is 11.8 Å². The number of unbranched alkanes of at least 4 members (excludes halogenated alkanes) is 1. The van der Waals surface area contributed by atoms with Crippen molar-refractivity contribution in [2.24, 2.45) is 0 Å². The largest absolute Gasteiger partial charge is 0.356 e. The van der Waals surface area contributed by atoms with Crippen LogP contribution in [-0.4, -0.2) is 47.0 Å². The Bertz CT molecular complexity index is 966. The minimum absolute atomic E-state index is 0.0624. The second-order valence-corrected chi connectivity index (χ2v) is 8.34. The Morgan fingerprint density at radius 3 is 2.59 bits per heavy atom. The number of aromatic nitrogens is 2. The van der Waals surface area contributed by atoms with E-state index in [1.807, 2.05) is 59.3 Å². The van der Waals surface area contributed by atoms with E-state index in [9.17, 15) is 4.79 Å². The summed E-state index contributed by atoms with van der Waals surface area (Å²) in [6.07, 6.45) is 12.8. The summed E-state index contributed by atoms with van der Waals surface area (Å²) in [6.45, 7) is 2.76. The van der Waals surface area contributed by atoms with E-state index in [0.717, 1.165) is 55.2 Å². The minimum atomic E-state index is 0.0624. The number of carbonyl (C=O) groups excluding carboxylic acids is 1. The molecule has 0 bridgehead atoms. The lowest BCUT2D eigenvalue weighted by Crippen LogP contribution is -2.26. The van der Waals surface area contributed by atoms with Crippen LogP contribution in [0.3, 0.4) is 0 Å². The Morgan fingerprint density at radius 2 is 1.88 bits per heavy atom. The summed E-state index contributed by atoms with van der Waals surface area (Å²) in [5.74, 6) is 0.0624. The predicted octanol–water partition coefficient (Wildman–Crippen LogP) is 5.00. The highest BCUT2D eigenvalue weighted by Gasteiger charge is 2.02. The van der Waals surface area contributed by atoms with E-state index in [1.165, 1.54) is 5.56 Å². The monoisotopic (exact) mass is 450 g/mol. The number of hydrogen-bond donors (Lipinski definition) is 1. The summed E-state index contributed by atoms with van der Waals surface area (Å²) in [5, 5.41) is 3.78. The number of hydrogen-bond acceptors (Lipinski definition) is 3. The van der Waals surface area contributed by atoms with Gasteiger partial charge >= 0.3 is 0 Å². The summed E-state index contributed by atoms with van der Waals surface area (Å²) in [4.78, 5) is 18.4. The van der Waals surface area contributed by atoms with E-state index in [2.05, 4.69) is 34.4 Å².